The molecule has 0 spiro atoms. The molecule has 1 rings (SSSR count). The highest BCUT2D eigenvalue weighted by Crippen LogP contribution is 2.24. The van der Waals surface area contributed by atoms with E-state index in [-0.39, 0.29) is 15.5 Å². The summed E-state index contributed by atoms with van der Waals surface area (Å²) in [5, 5.41) is 9.17. The monoisotopic (exact) mass is 331 g/mol. The summed E-state index contributed by atoms with van der Waals surface area (Å²) in [6, 6.07) is 2.24. The van der Waals surface area contributed by atoms with Crippen molar-refractivity contribution in [2.24, 2.45) is 0 Å². The van der Waals surface area contributed by atoms with Crippen LogP contribution in [0.2, 0.25) is 5.02 Å². The van der Waals surface area contributed by atoms with E-state index in [9.17, 15) is 21.6 Å². The van der Waals surface area contributed by atoms with E-state index in [1.165, 1.54) is 6.07 Å². The van der Waals surface area contributed by atoms with Gasteiger partial charge in [0.25, 0.3) is 0 Å². The van der Waals surface area contributed by atoms with Gasteiger partial charge in [-0.25, -0.2) is 13.1 Å². The molecule has 0 amide bonds. The van der Waals surface area contributed by atoms with Gasteiger partial charge in [-0.2, -0.15) is 13.2 Å². The van der Waals surface area contributed by atoms with E-state index >= 15 is 0 Å². The molecule has 0 aliphatic heterocycles. The second-order valence-corrected chi connectivity index (χ2v) is 6.37. The summed E-state index contributed by atoms with van der Waals surface area (Å²) in [5.74, 6) is 0. The van der Waals surface area contributed by atoms with Gasteiger partial charge in [0.15, 0.2) is 0 Å². The second kappa shape index (κ2) is 6.30. The number of nitrogens with one attached hydrogen (secondary N) is 1. The van der Waals surface area contributed by atoms with E-state index in [1.54, 1.807) is 0 Å². The maximum Gasteiger partial charge on any atom is 0.390 e. The Labute approximate surface area is 119 Å². The molecule has 0 aromatic heterocycles. The van der Waals surface area contributed by atoms with Crippen LogP contribution >= 0.6 is 11.6 Å². The van der Waals surface area contributed by atoms with Crippen LogP contribution in [0.5, 0.6) is 0 Å². The average molecular weight is 332 g/mol. The zero-order valence-corrected chi connectivity index (χ0v) is 12.0. The fraction of sp³-hybridized carbons (Fsp3) is 0.455. The number of aliphatic hydroxyl groups is 1. The van der Waals surface area contributed by atoms with Crippen LogP contribution in [-0.2, 0) is 16.6 Å². The third-order valence-corrected chi connectivity index (χ3v) is 4.35. The molecule has 20 heavy (non-hydrogen) atoms. The molecule has 1 aromatic carbocycles. The molecular weight excluding hydrogens is 319 g/mol. The van der Waals surface area contributed by atoms with Crippen LogP contribution in [0.25, 0.3) is 0 Å². The lowest BCUT2D eigenvalue weighted by Crippen LogP contribution is -2.35. The standard InChI is InChI=1S/C11H13ClF3NO3S/c1-7(5-11(13,14)15)16-20(18,19)9-2-3-10(12)8(4-9)6-17/h2-4,7,16-17H,5-6H2,1H3. The minimum atomic E-state index is -4.46. The van der Waals surface area contributed by atoms with Crippen LogP contribution in [0.15, 0.2) is 23.1 Å². The summed E-state index contributed by atoms with van der Waals surface area (Å²) in [4.78, 5) is -0.250. The maximum absolute atomic E-state index is 12.2. The van der Waals surface area contributed by atoms with Crippen molar-refractivity contribution in [3.05, 3.63) is 28.8 Å². The lowest BCUT2D eigenvalue weighted by molar-refractivity contribution is -0.137. The van der Waals surface area contributed by atoms with Crippen LogP contribution in [0.4, 0.5) is 13.2 Å². The summed E-state index contributed by atoms with van der Waals surface area (Å²) in [6.45, 7) is 0.647. The van der Waals surface area contributed by atoms with Gasteiger partial charge in [-0.1, -0.05) is 11.6 Å². The molecule has 0 radical (unpaired) electrons. The first-order valence-electron chi connectivity index (χ1n) is 5.53. The molecule has 0 heterocycles. The first-order chi connectivity index (χ1) is 9.05. The lowest BCUT2D eigenvalue weighted by atomic mass is 10.2. The van der Waals surface area contributed by atoms with Gasteiger partial charge in [0.2, 0.25) is 10.0 Å². The minimum Gasteiger partial charge on any atom is -0.392 e. The van der Waals surface area contributed by atoms with Crippen LogP contribution in [-0.4, -0.2) is 25.7 Å². The number of halogens is 4. The summed E-state index contributed by atoms with van der Waals surface area (Å²) in [6.07, 6.45) is -5.73. The fourth-order valence-electron chi connectivity index (χ4n) is 1.56. The van der Waals surface area contributed by atoms with Crippen molar-refractivity contribution in [3.63, 3.8) is 0 Å². The number of sulfonamides is 1. The molecule has 1 unspecified atom stereocenters. The number of aliphatic hydroxyl groups excluding tert-OH is 1. The Bertz CT molecular complexity index is 575. The Morgan fingerprint density at radius 1 is 1.40 bits per heavy atom. The van der Waals surface area contributed by atoms with Crippen molar-refractivity contribution in [1.82, 2.24) is 4.72 Å². The van der Waals surface area contributed by atoms with Crippen molar-refractivity contribution < 1.29 is 26.7 Å². The van der Waals surface area contributed by atoms with E-state index in [0.717, 1.165) is 19.1 Å². The van der Waals surface area contributed by atoms with Gasteiger partial charge >= 0.3 is 6.18 Å². The SMILES string of the molecule is CC(CC(F)(F)F)NS(=O)(=O)c1ccc(Cl)c(CO)c1. The van der Waals surface area contributed by atoms with Crippen LogP contribution in [0, 0.1) is 0 Å². The molecule has 1 atom stereocenters. The zero-order valence-electron chi connectivity index (χ0n) is 10.4. The molecular formula is C11H13ClF3NO3S. The van der Waals surface area contributed by atoms with Gasteiger partial charge in [0, 0.05) is 11.1 Å². The quantitative estimate of drug-likeness (QED) is 0.871. The Balaban J connectivity index is 2.94. The molecule has 4 nitrogen and oxygen atoms in total. The van der Waals surface area contributed by atoms with Gasteiger partial charge in [0.1, 0.15) is 0 Å². The Morgan fingerprint density at radius 3 is 2.50 bits per heavy atom. The Kier molecular flexibility index (Phi) is 5.42. The average Bonchev–Trinajstić information content (AvgIpc) is 2.25. The van der Waals surface area contributed by atoms with Crippen LogP contribution < -0.4 is 4.72 Å². The number of rotatable bonds is 5. The van der Waals surface area contributed by atoms with Gasteiger partial charge in [-0.05, 0) is 30.7 Å². The summed E-state index contributed by atoms with van der Waals surface area (Å²) >= 11 is 5.72. The van der Waals surface area contributed by atoms with Gasteiger partial charge in [-0.15, -0.1) is 0 Å². The van der Waals surface area contributed by atoms with Gasteiger partial charge < -0.3 is 5.11 Å². The molecule has 0 saturated carbocycles. The van der Waals surface area contributed by atoms with Crippen LogP contribution in [0.3, 0.4) is 0 Å². The molecule has 0 saturated heterocycles. The van der Waals surface area contributed by atoms with Crippen molar-refractivity contribution >= 4 is 21.6 Å². The zero-order chi connectivity index (χ0) is 15.6. The highest BCUT2D eigenvalue weighted by atomic mass is 35.5. The second-order valence-electron chi connectivity index (χ2n) is 4.25. The summed E-state index contributed by atoms with van der Waals surface area (Å²) in [5.41, 5.74) is 0.179. The summed E-state index contributed by atoms with van der Waals surface area (Å²) < 4.78 is 62.2. The van der Waals surface area contributed by atoms with Crippen molar-refractivity contribution in [1.29, 1.82) is 0 Å². The third-order valence-electron chi connectivity index (χ3n) is 2.39. The molecule has 0 aliphatic rings. The molecule has 0 aliphatic carbocycles. The predicted molar refractivity (Wildman–Crippen MR) is 67.8 cm³/mol. The number of hydrogen-bond acceptors (Lipinski definition) is 3. The smallest absolute Gasteiger partial charge is 0.390 e. The Morgan fingerprint density at radius 2 is 2.00 bits per heavy atom. The first-order valence-corrected chi connectivity index (χ1v) is 7.39. The molecule has 114 valence electrons. The van der Waals surface area contributed by atoms with E-state index in [1.807, 2.05) is 4.72 Å². The fourth-order valence-corrected chi connectivity index (χ4v) is 3.03. The minimum absolute atomic E-state index is 0.176. The molecule has 9 heteroatoms. The number of benzene rings is 1. The number of alkyl halides is 3. The van der Waals surface area contributed by atoms with E-state index < -0.39 is 35.3 Å². The molecule has 0 bridgehead atoms. The van der Waals surface area contributed by atoms with E-state index in [4.69, 9.17) is 16.7 Å². The highest BCUT2D eigenvalue weighted by molar-refractivity contribution is 7.89. The Hall–Kier alpha value is -0.830. The molecule has 2 N–H and O–H groups in total. The van der Waals surface area contributed by atoms with Gasteiger partial charge in [-0.3, -0.25) is 0 Å². The predicted octanol–water partition coefficient (Wildman–Crippen LogP) is 2.45. The topological polar surface area (TPSA) is 66.4 Å². The van der Waals surface area contributed by atoms with Gasteiger partial charge in [0.05, 0.1) is 17.9 Å². The largest absolute Gasteiger partial charge is 0.392 e. The maximum atomic E-state index is 12.2. The van der Waals surface area contributed by atoms with Crippen molar-refractivity contribution in [2.75, 3.05) is 0 Å². The normalized spacial score (nSPS) is 14.3. The number of hydrogen-bond donors (Lipinski definition) is 2. The van der Waals surface area contributed by atoms with E-state index in [2.05, 4.69) is 0 Å². The van der Waals surface area contributed by atoms with Crippen LogP contribution in [0.1, 0.15) is 18.9 Å². The van der Waals surface area contributed by atoms with E-state index in [0.29, 0.717) is 0 Å². The van der Waals surface area contributed by atoms with Crippen molar-refractivity contribution in [3.8, 4) is 0 Å². The summed E-state index contributed by atoms with van der Waals surface area (Å²) in [7, 11) is -4.10. The highest BCUT2D eigenvalue weighted by Gasteiger charge is 2.32. The van der Waals surface area contributed by atoms with Crippen molar-refractivity contribution in [2.45, 2.75) is 37.1 Å². The first kappa shape index (κ1) is 17.2. The third kappa shape index (κ3) is 4.93. The lowest BCUT2D eigenvalue weighted by Gasteiger charge is -2.16. The molecule has 0 fully saturated rings. The molecule has 1 aromatic rings.